The Hall–Kier alpha value is -1.83. The number of unbranched alkanes of at least 4 members (excludes halogenated alkanes) is 1. The van der Waals surface area contributed by atoms with E-state index in [4.69, 9.17) is 0 Å². The van der Waals surface area contributed by atoms with Crippen LogP contribution in [0, 0.1) is 0 Å². The van der Waals surface area contributed by atoms with Crippen LogP contribution in [0.2, 0.25) is 0 Å². The molecule has 0 heterocycles. The molecule has 18 heavy (non-hydrogen) atoms. The van der Waals surface area contributed by atoms with E-state index in [0.29, 0.717) is 13.0 Å². The highest BCUT2D eigenvalue weighted by Crippen LogP contribution is 2.18. The van der Waals surface area contributed by atoms with Crippen LogP contribution in [0.15, 0.2) is 42.5 Å². The van der Waals surface area contributed by atoms with Gasteiger partial charge in [0.2, 0.25) is 5.91 Å². The van der Waals surface area contributed by atoms with E-state index in [1.807, 2.05) is 18.2 Å². The number of hydrogen-bond acceptors (Lipinski definition) is 1. The summed E-state index contributed by atoms with van der Waals surface area (Å²) in [6.45, 7) is 2.71. The molecule has 1 amide bonds. The number of hydrogen-bond donors (Lipinski definition) is 1. The molecule has 94 valence electrons. The standard InChI is InChI=1S/C16H19NO/c1-2-3-11-16(18)17-12-14-9-6-8-13-7-4-5-10-15(13)14/h4-10H,2-3,11-12H2,1H3,(H,17,18). The first-order valence-electron chi connectivity index (χ1n) is 6.54. The highest BCUT2D eigenvalue weighted by atomic mass is 16.1. The fourth-order valence-electron chi connectivity index (χ4n) is 2.07. The number of carbonyl (C=O) groups is 1. The van der Waals surface area contributed by atoms with Gasteiger partial charge < -0.3 is 5.32 Å². The average Bonchev–Trinajstić information content (AvgIpc) is 2.42. The Balaban J connectivity index is 2.05. The molecule has 2 nitrogen and oxygen atoms in total. The lowest BCUT2D eigenvalue weighted by molar-refractivity contribution is -0.121. The summed E-state index contributed by atoms with van der Waals surface area (Å²) in [6, 6.07) is 14.5. The number of carbonyl (C=O) groups excluding carboxylic acids is 1. The molecule has 0 aromatic heterocycles. The molecule has 0 aliphatic heterocycles. The second-order valence-corrected chi connectivity index (χ2v) is 4.52. The molecule has 2 rings (SSSR count). The molecule has 0 radical (unpaired) electrons. The molecule has 0 aliphatic carbocycles. The van der Waals surface area contributed by atoms with Crippen molar-refractivity contribution in [3.63, 3.8) is 0 Å². The molecule has 1 N–H and O–H groups in total. The van der Waals surface area contributed by atoms with Gasteiger partial charge in [-0.15, -0.1) is 0 Å². The fraction of sp³-hybridized carbons (Fsp3) is 0.312. The van der Waals surface area contributed by atoms with Gasteiger partial charge in [0, 0.05) is 13.0 Å². The number of fused-ring (bicyclic) bond motifs is 1. The van der Waals surface area contributed by atoms with Gasteiger partial charge in [0.15, 0.2) is 0 Å². The number of nitrogens with one attached hydrogen (secondary N) is 1. The van der Waals surface area contributed by atoms with Crippen molar-refractivity contribution in [3.8, 4) is 0 Å². The fourth-order valence-corrected chi connectivity index (χ4v) is 2.07. The summed E-state index contributed by atoms with van der Waals surface area (Å²) < 4.78 is 0. The van der Waals surface area contributed by atoms with Crippen molar-refractivity contribution in [1.82, 2.24) is 5.32 Å². The van der Waals surface area contributed by atoms with E-state index in [9.17, 15) is 4.79 Å². The highest BCUT2D eigenvalue weighted by molar-refractivity contribution is 5.86. The molecular formula is C16H19NO. The SMILES string of the molecule is CCCCC(=O)NCc1cccc2ccccc12. The Kier molecular flexibility index (Phi) is 4.35. The molecular weight excluding hydrogens is 222 g/mol. The van der Waals surface area contributed by atoms with Gasteiger partial charge in [0.25, 0.3) is 0 Å². The second-order valence-electron chi connectivity index (χ2n) is 4.52. The molecule has 2 heteroatoms. The first-order valence-corrected chi connectivity index (χ1v) is 6.54. The minimum Gasteiger partial charge on any atom is -0.352 e. The van der Waals surface area contributed by atoms with Gasteiger partial charge in [0.1, 0.15) is 0 Å². The maximum Gasteiger partial charge on any atom is 0.220 e. The van der Waals surface area contributed by atoms with Crippen molar-refractivity contribution < 1.29 is 4.79 Å². The summed E-state index contributed by atoms with van der Waals surface area (Å²) in [6.07, 6.45) is 2.64. The maximum absolute atomic E-state index is 11.6. The number of amides is 1. The lowest BCUT2D eigenvalue weighted by Crippen LogP contribution is -2.22. The van der Waals surface area contributed by atoms with Crippen LogP contribution in [0.5, 0.6) is 0 Å². The van der Waals surface area contributed by atoms with Gasteiger partial charge in [-0.1, -0.05) is 55.8 Å². The molecule has 0 bridgehead atoms. The summed E-state index contributed by atoms with van der Waals surface area (Å²) in [5.74, 6) is 0.143. The van der Waals surface area contributed by atoms with Crippen molar-refractivity contribution in [2.75, 3.05) is 0 Å². The Morgan fingerprint density at radius 2 is 1.89 bits per heavy atom. The Bertz CT molecular complexity index is 528. The molecule has 2 aromatic rings. The van der Waals surface area contributed by atoms with Gasteiger partial charge in [-0.05, 0) is 22.8 Å². The van der Waals surface area contributed by atoms with E-state index in [2.05, 4.69) is 36.5 Å². The molecule has 0 saturated carbocycles. The van der Waals surface area contributed by atoms with Gasteiger partial charge in [-0.3, -0.25) is 4.79 Å². The second kappa shape index (κ2) is 6.20. The molecule has 0 fully saturated rings. The van der Waals surface area contributed by atoms with Gasteiger partial charge >= 0.3 is 0 Å². The lowest BCUT2D eigenvalue weighted by atomic mass is 10.0. The Morgan fingerprint density at radius 3 is 2.72 bits per heavy atom. The van der Waals surface area contributed by atoms with Crippen LogP contribution in [0.1, 0.15) is 31.7 Å². The zero-order chi connectivity index (χ0) is 12.8. The van der Waals surface area contributed by atoms with E-state index in [1.54, 1.807) is 0 Å². The average molecular weight is 241 g/mol. The zero-order valence-electron chi connectivity index (χ0n) is 10.8. The van der Waals surface area contributed by atoms with Gasteiger partial charge in [0.05, 0.1) is 0 Å². The summed E-state index contributed by atoms with van der Waals surface area (Å²) in [4.78, 5) is 11.6. The van der Waals surface area contributed by atoms with Crippen LogP contribution in [-0.4, -0.2) is 5.91 Å². The maximum atomic E-state index is 11.6. The van der Waals surface area contributed by atoms with Crippen LogP contribution >= 0.6 is 0 Å². The van der Waals surface area contributed by atoms with Crippen LogP contribution in [0.4, 0.5) is 0 Å². The van der Waals surface area contributed by atoms with Crippen LogP contribution in [-0.2, 0) is 11.3 Å². The van der Waals surface area contributed by atoms with Crippen LogP contribution < -0.4 is 5.32 Å². The quantitative estimate of drug-likeness (QED) is 0.850. The van der Waals surface area contributed by atoms with Crippen molar-refractivity contribution in [1.29, 1.82) is 0 Å². The summed E-state index contributed by atoms with van der Waals surface area (Å²) in [7, 11) is 0. The Labute approximate surface area is 108 Å². The monoisotopic (exact) mass is 241 g/mol. The van der Waals surface area contributed by atoms with Crippen molar-refractivity contribution in [2.24, 2.45) is 0 Å². The Morgan fingerprint density at radius 1 is 1.11 bits per heavy atom. The van der Waals surface area contributed by atoms with Crippen molar-refractivity contribution in [3.05, 3.63) is 48.0 Å². The first kappa shape index (κ1) is 12.6. The molecule has 0 unspecified atom stereocenters. The molecule has 0 spiro atoms. The minimum absolute atomic E-state index is 0.143. The third kappa shape index (κ3) is 3.10. The van der Waals surface area contributed by atoms with Gasteiger partial charge in [-0.2, -0.15) is 0 Å². The molecule has 0 aliphatic rings. The van der Waals surface area contributed by atoms with Crippen LogP contribution in [0.25, 0.3) is 10.8 Å². The van der Waals surface area contributed by atoms with Gasteiger partial charge in [-0.25, -0.2) is 0 Å². The van der Waals surface area contributed by atoms with Crippen LogP contribution in [0.3, 0.4) is 0 Å². The zero-order valence-corrected chi connectivity index (χ0v) is 10.8. The van der Waals surface area contributed by atoms with E-state index >= 15 is 0 Å². The summed E-state index contributed by atoms with van der Waals surface area (Å²) in [5, 5.41) is 5.43. The smallest absolute Gasteiger partial charge is 0.220 e. The van der Waals surface area contributed by atoms with E-state index in [-0.39, 0.29) is 5.91 Å². The predicted molar refractivity (Wildman–Crippen MR) is 75.3 cm³/mol. The van der Waals surface area contributed by atoms with Crippen molar-refractivity contribution >= 4 is 16.7 Å². The summed E-state index contributed by atoms with van der Waals surface area (Å²) in [5.41, 5.74) is 1.18. The number of rotatable bonds is 5. The third-order valence-corrected chi connectivity index (χ3v) is 3.11. The highest BCUT2D eigenvalue weighted by Gasteiger charge is 2.03. The molecule has 0 atom stereocenters. The largest absolute Gasteiger partial charge is 0.352 e. The first-order chi connectivity index (χ1) is 8.81. The number of benzene rings is 2. The molecule has 0 saturated heterocycles. The minimum atomic E-state index is 0.143. The lowest BCUT2D eigenvalue weighted by Gasteiger charge is -2.08. The topological polar surface area (TPSA) is 29.1 Å². The predicted octanol–water partition coefficient (Wildman–Crippen LogP) is 3.65. The normalized spacial score (nSPS) is 10.5. The molecule has 2 aromatic carbocycles. The third-order valence-electron chi connectivity index (χ3n) is 3.11. The van der Waals surface area contributed by atoms with Crippen molar-refractivity contribution in [2.45, 2.75) is 32.7 Å². The van der Waals surface area contributed by atoms with E-state index in [1.165, 1.54) is 16.3 Å². The van der Waals surface area contributed by atoms with E-state index in [0.717, 1.165) is 12.8 Å². The summed E-state index contributed by atoms with van der Waals surface area (Å²) >= 11 is 0. The van der Waals surface area contributed by atoms with E-state index < -0.39 is 0 Å².